The minimum Gasteiger partial charge on any atom is -0.478 e. The maximum absolute atomic E-state index is 11.8. The van der Waals surface area contributed by atoms with Gasteiger partial charge in [-0.15, -0.1) is 0 Å². The molecule has 144 valence electrons. The molecule has 1 aliphatic heterocycles. The van der Waals surface area contributed by atoms with Crippen molar-refractivity contribution in [1.29, 1.82) is 0 Å². The lowest BCUT2D eigenvalue weighted by Crippen LogP contribution is -2.31. The van der Waals surface area contributed by atoms with Crippen molar-refractivity contribution < 1.29 is 14.8 Å². The lowest BCUT2D eigenvalue weighted by Gasteiger charge is -2.38. The monoisotopic (exact) mass is 386 g/mol. The van der Waals surface area contributed by atoms with E-state index in [9.17, 15) is 20.0 Å². The first-order chi connectivity index (χ1) is 14.0. The second-order valence-electron chi connectivity index (χ2n) is 7.59. The van der Waals surface area contributed by atoms with Crippen LogP contribution in [0.25, 0.3) is 0 Å². The lowest BCUT2D eigenvalue weighted by molar-refractivity contribution is -0.384. The van der Waals surface area contributed by atoms with Crippen LogP contribution < -0.4 is 5.32 Å². The maximum Gasteiger partial charge on any atom is 0.336 e. The minimum atomic E-state index is -0.955. The first-order valence-corrected chi connectivity index (χ1v) is 9.49. The highest BCUT2D eigenvalue weighted by atomic mass is 16.6. The topological polar surface area (TPSA) is 92.5 Å². The molecule has 2 aliphatic rings. The second kappa shape index (κ2) is 6.44. The average molecular weight is 386 g/mol. The predicted molar refractivity (Wildman–Crippen MR) is 108 cm³/mol. The number of fused-ring (bicyclic) bond motifs is 5. The number of hydrogen-bond donors (Lipinski definition) is 2. The summed E-state index contributed by atoms with van der Waals surface area (Å²) < 4.78 is 0. The molecule has 6 nitrogen and oxygen atoms in total. The van der Waals surface area contributed by atoms with E-state index in [0.717, 1.165) is 23.2 Å². The standard InChI is InChI=1S/C23H18N2O4/c26-23(27)17-8-4-3-7-16(17)22-19-11-13-5-1-2-6-15(13)21(19)18-12-14(25(28)29)9-10-20(18)24-22/h1-10,12,19,21-22,24H,11H2,(H,26,27)/t19-,21+,22+/m1/s1. The normalized spacial score (nSPS) is 21.4. The molecule has 0 saturated heterocycles. The van der Waals surface area contributed by atoms with Crippen LogP contribution in [0.2, 0.25) is 0 Å². The molecule has 1 aliphatic carbocycles. The highest BCUT2D eigenvalue weighted by Crippen LogP contribution is 2.54. The zero-order chi connectivity index (χ0) is 20.1. The summed E-state index contributed by atoms with van der Waals surface area (Å²) in [5, 5.41) is 24.5. The highest BCUT2D eigenvalue weighted by molar-refractivity contribution is 5.90. The van der Waals surface area contributed by atoms with E-state index in [1.165, 1.54) is 17.2 Å². The van der Waals surface area contributed by atoms with Crippen LogP contribution in [0.15, 0.2) is 66.7 Å². The third-order valence-electron chi connectivity index (χ3n) is 6.12. The van der Waals surface area contributed by atoms with Gasteiger partial charge in [0, 0.05) is 23.7 Å². The van der Waals surface area contributed by atoms with E-state index in [-0.39, 0.29) is 34.1 Å². The summed E-state index contributed by atoms with van der Waals surface area (Å²) in [5.41, 5.74) is 5.19. The molecule has 6 heteroatoms. The van der Waals surface area contributed by atoms with Crippen LogP contribution in [-0.4, -0.2) is 16.0 Å². The van der Waals surface area contributed by atoms with Crippen molar-refractivity contribution in [1.82, 2.24) is 0 Å². The van der Waals surface area contributed by atoms with Gasteiger partial charge in [0.15, 0.2) is 0 Å². The van der Waals surface area contributed by atoms with Gasteiger partial charge in [-0.2, -0.15) is 0 Å². The summed E-state index contributed by atoms with van der Waals surface area (Å²) in [6, 6.07) is 19.9. The van der Waals surface area contributed by atoms with Gasteiger partial charge in [0.1, 0.15) is 0 Å². The van der Waals surface area contributed by atoms with Crippen LogP contribution in [0.3, 0.4) is 0 Å². The molecule has 0 fully saturated rings. The molecule has 2 N–H and O–H groups in total. The van der Waals surface area contributed by atoms with Crippen molar-refractivity contribution in [3.8, 4) is 0 Å². The number of nitro groups is 1. The molecule has 0 saturated carbocycles. The Labute approximate surface area is 167 Å². The number of carboxylic acids is 1. The molecule has 0 aromatic heterocycles. The zero-order valence-electron chi connectivity index (χ0n) is 15.4. The van der Waals surface area contributed by atoms with Gasteiger partial charge in [-0.3, -0.25) is 10.1 Å². The number of nitro benzene ring substituents is 1. The van der Waals surface area contributed by atoms with Crippen LogP contribution in [0.1, 0.15) is 44.6 Å². The molecule has 3 aromatic rings. The zero-order valence-corrected chi connectivity index (χ0v) is 15.4. The molecule has 1 heterocycles. The number of nitrogens with one attached hydrogen (secondary N) is 1. The van der Waals surface area contributed by atoms with Crippen LogP contribution in [0.5, 0.6) is 0 Å². The Bertz CT molecular complexity index is 1160. The predicted octanol–water partition coefficient (Wildman–Crippen LogP) is 4.76. The molecule has 0 bridgehead atoms. The molecule has 5 rings (SSSR count). The average Bonchev–Trinajstić information content (AvgIpc) is 3.12. The van der Waals surface area contributed by atoms with Crippen molar-refractivity contribution in [2.75, 3.05) is 5.32 Å². The molecule has 0 unspecified atom stereocenters. The molecule has 0 radical (unpaired) electrons. The Morgan fingerprint density at radius 3 is 2.48 bits per heavy atom. The Morgan fingerprint density at radius 2 is 1.72 bits per heavy atom. The molecule has 3 aromatic carbocycles. The van der Waals surface area contributed by atoms with Gasteiger partial charge in [-0.05, 0) is 46.7 Å². The minimum absolute atomic E-state index is 0.0193. The summed E-state index contributed by atoms with van der Waals surface area (Å²) in [6.07, 6.45) is 0.786. The van der Waals surface area contributed by atoms with Gasteiger partial charge in [0.25, 0.3) is 5.69 Å². The summed E-state index contributed by atoms with van der Waals surface area (Å²) in [6.45, 7) is 0. The van der Waals surface area contributed by atoms with E-state index in [1.54, 1.807) is 24.3 Å². The van der Waals surface area contributed by atoms with Crippen LogP contribution in [0.4, 0.5) is 11.4 Å². The van der Waals surface area contributed by atoms with Crippen molar-refractivity contribution in [2.45, 2.75) is 18.4 Å². The fourth-order valence-corrected chi connectivity index (χ4v) is 4.93. The molecule has 29 heavy (non-hydrogen) atoms. The number of carboxylic acid groups (broad SMARTS) is 1. The number of non-ortho nitro benzene ring substituents is 1. The van der Waals surface area contributed by atoms with E-state index in [4.69, 9.17) is 0 Å². The maximum atomic E-state index is 11.8. The van der Waals surface area contributed by atoms with Gasteiger partial charge in [0.2, 0.25) is 0 Å². The van der Waals surface area contributed by atoms with Crippen LogP contribution in [-0.2, 0) is 6.42 Å². The fraction of sp³-hybridized carbons (Fsp3) is 0.174. The number of aromatic carboxylic acids is 1. The number of hydrogen-bond acceptors (Lipinski definition) is 4. The summed E-state index contributed by atoms with van der Waals surface area (Å²) in [4.78, 5) is 22.8. The summed E-state index contributed by atoms with van der Waals surface area (Å²) in [7, 11) is 0. The smallest absolute Gasteiger partial charge is 0.336 e. The molecular formula is C23H18N2O4. The highest BCUT2D eigenvalue weighted by Gasteiger charge is 2.44. The lowest BCUT2D eigenvalue weighted by atomic mass is 9.75. The SMILES string of the molecule is O=C(O)c1ccccc1[C@@H]1Nc2ccc([N+](=O)[O-])cc2[C@@H]2c3ccccc3C[C@H]21. The third-order valence-corrected chi connectivity index (χ3v) is 6.12. The Hall–Kier alpha value is -3.67. The Morgan fingerprint density at radius 1 is 1.00 bits per heavy atom. The summed E-state index contributed by atoms with van der Waals surface area (Å²) >= 11 is 0. The number of anilines is 1. The van der Waals surface area contributed by atoms with E-state index < -0.39 is 5.97 Å². The quantitative estimate of drug-likeness (QED) is 0.500. The molecule has 3 atom stereocenters. The third kappa shape index (κ3) is 2.68. The van der Waals surface area contributed by atoms with E-state index >= 15 is 0 Å². The van der Waals surface area contributed by atoms with Gasteiger partial charge in [-0.25, -0.2) is 4.79 Å². The van der Waals surface area contributed by atoms with Crippen LogP contribution >= 0.6 is 0 Å². The van der Waals surface area contributed by atoms with Crippen molar-refractivity contribution >= 4 is 17.3 Å². The van der Waals surface area contributed by atoms with Gasteiger partial charge < -0.3 is 10.4 Å². The molecular weight excluding hydrogens is 368 g/mol. The van der Waals surface area contributed by atoms with Crippen molar-refractivity contribution in [3.05, 3.63) is 105 Å². The van der Waals surface area contributed by atoms with Gasteiger partial charge in [0.05, 0.1) is 16.5 Å². The van der Waals surface area contributed by atoms with Crippen LogP contribution in [0, 0.1) is 16.0 Å². The van der Waals surface area contributed by atoms with Gasteiger partial charge >= 0.3 is 5.97 Å². The number of rotatable bonds is 3. The van der Waals surface area contributed by atoms with Crippen molar-refractivity contribution in [2.24, 2.45) is 5.92 Å². The second-order valence-corrected chi connectivity index (χ2v) is 7.59. The van der Waals surface area contributed by atoms with Crippen molar-refractivity contribution in [3.63, 3.8) is 0 Å². The van der Waals surface area contributed by atoms with E-state index in [0.29, 0.717) is 0 Å². The Kier molecular flexibility index (Phi) is 3.87. The van der Waals surface area contributed by atoms with Gasteiger partial charge in [-0.1, -0.05) is 42.5 Å². The van der Waals surface area contributed by atoms with E-state index in [2.05, 4.69) is 17.4 Å². The molecule has 0 spiro atoms. The first kappa shape index (κ1) is 17.4. The Balaban J connectivity index is 1.71. The van der Waals surface area contributed by atoms with E-state index in [1.807, 2.05) is 24.3 Å². The first-order valence-electron chi connectivity index (χ1n) is 9.49. The fourth-order valence-electron chi connectivity index (χ4n) is 4.93. The largest absolute Gasteiger partial charge is 0.478 e. The number of carbonyl (C=O) groups is 1. The number of benzene rings is 3. The molecule has 0 amide bonds. The summed E-state index contributed by atoms with van der Waals surface area (Å²) in [5.74, 6) is -0.902. The number of nitrogens with zero attached hydrogens (tertiary/aromatic N) is 1.